The third-order valence-electron chi connectivity index (χ3n) is 3.92. The smallest absolute Gasteiger partial charge is 0.0816 e. The zero-order valence-corrected chi connectivity index (χ0v) is 12.9. The van der Waals surface area contributed by atoms with Gasteiger partial charge in [0.25, 0.3) is 0 Å². The van der Waals surface area contributed by atoms with Gasteiger partial charge in [-0.2, -0.15) is 0 Å². The van der Waals surface area contributed by atoms with Crippen molar-refractivity contribution in [1.29, 1.82) is 0 Å². The van der Waals surface area contributed by atoms with Crippen molar-refractivity contribution >= 4 is 11.6 Å². The van der Waals surface area contributed by atoms with E-state index >= 15 is 0 Å². The number of nitrogens with zero attached hydrogens (tertiary/aromatic N) is 1. The van der Waals surface area contributed by atoms with E-state index < -0.39 is 6.10 Å². The Kier molecular flexibility index (Phi) is 6.30. The van der Waals surface area contributed by atoms with Crippen molar-refractivity contribution in [3.05, 3.63) is 34.9 Å². The van der Waals surface area contributed by atoms with Crippen molar-refractivity contribution < 1.29 is 9.84 Å². The first-order valence-electron chi connectivity index (χ1n) is 7.47. The van der Waals surface area contributed by atoms with Crippen LogP contribution in [0.2, 0.25) is 5.02 Å². The maximum absolute atomic E-state index is 10.3. The fourth-order valence-electron chi connectivity index (χ4n) is 2.66. The minimum absolute atomic E-state index is 0.368. The minimum Gasteiger partial charge on any atom is -0.388 e. The Morgan fingerprint density at radius 2 is 2.25 bits per heavy atom. The molecular formula is C16H24ClNO2. The number of halogens is 1. The van der Waals surface area contributed by atoms with Crippen LogP contribution in [-0.4, -0.2) is 42.4 Å². The lowest BCUT2D eigenvalue weighted by Crippen LogP contribution is -2.33. The highest BCUT2D eigenvalue weighted by atomic mass is 35.5. The molecule has 1 aromatic rings. The number of aliphatic hydroxyl groups is 1. The van der Waals surface area contributed by atoms with Crippen molar-refractivity contribution in [2.45, 2.75) is 38.4 Å². The van der Waals surface area contributed by atoms with Crippen molar-refractivity contribution in [2.75, 3.05) is 26.2 Å². The van der Waals surface area contributed by atoms with Gasteiger partial charge in [-0.1, -0.05) is 36.7 Å². The Labute approximate surface area is 126 Å². The van der Waals surface area contributed by atoms with Gasteiger partial charge in [0.05, 0.1) is 12.2 Å². The van der Waals surface area contributed by atoms with Crippen LogP contribution in [0.25, 0.3) is 0 Å². The van der Waals surface area contributed by atoms with E-state index in [2.05, 4.69) is 11.8 Å². The lowest BCUT2D eigenvalue weighted by Gasteiger charge is -2.25. The Balaban J connectivity index is 1.81. The van der Waals surface area contributed by atoms with Crippen molar-refractivity contribution in [2.24, 2.45) is 0 Å². The normalized spacial score (nSPS) is 20.5. The summed E-state index contributed by atoms with van der Waals surface area (Å²) >= 11 is 6.11. The van der Waals surface area contributed by atoms with Gasteiger partial charge in [0.1, 0.15) is 0 Å². The zero-order valence-electron chi connectivity index (χ0n) is 12.1. The molecule has 20 heavy (non-hydrogen) atoms. The van der Waals surface area contributed by atoms with Crippen LogP contribution in [0.4, 0.5) is 0 Å². The molecule has 4 heteroatoms. The molecular weight excluding hydrogens is 274 g/mol. The molecule has 0 amide bonds. The van der Waals surface area contributed by atoms with Crippen LogP contribution >= 0.6 is 11.6 Å². The number of benzene rings is 1. The van der Waals surface area contributed by atoms with E-state index in [4.69, 9.17) is 16.3 Å². The second-order valence-electron chi connectivity index (χ2n) is 5.35. The molecule has 2 unspecified atom stereocenters. The minimum atomic E-state index is -0.498. The summed E-state index contributed by atoms with van der Waals surface area (Å²) in [5.74, 6) is 0. The van der Waals surface area contributed by atoms with Crippen molar-refractivity contribution in [3.8, 4) is 0 Å². The molecule has 0 aromatic heterocycles. The summed E-state index contributed by atoms with van der Waals surface area (Å²) in [7, 11) is 0. The molecule has 0 saturated carbocycles. The Morgan fingerprint density at radius 3 is 2.90 bits per heavy atom. The summed E-state index contributed by atoms with van der Waals surface area (Å²) in [4.78, 5) is 2.34. The fourth-order valence-corrected chi connectivity index (χ4v) is 2.92. The van der Waals surface area contributed by atoms with Crippen LogP contribution in [0, 0.1) is 0 Å². The summed E-state index contributed by atoms with van der Waals surface area (Å²) in [6, 6.07) is 7.51. The zero-order chi connectivity index (χ0) is 14.4. The molecule has 0 bridgehead atoms. The molecule has 3 nitrogen and oxygen atoms in total. The predicted octanol–water partition coefficient (Wildman–Crippen LogP) is 3.26. The standard InChI is InChI=1S/C16H24ClNO2/c1-2-18(12-13-6-5-11-20-13)10-9-16(19)14-7-3-4-8-15(14)17/h3-4,7-8,13,16,19H,2,5-6,9-12H2,1H3. The monoisotopic (exact) mass is 297 g/mol. The molecule has 112 valence electrons. The topological polar surface area (TPSA) is 32.7 Å². The van der Waals surface area contributed by atoms with Crippen LogP contribution in [0.15, 0.2) is 24.3 Å². The summed E-state index contributed by atoms with van der Waals surface area (Å²) in [6.45, 7) is 5.85. The van der Waals surface area contributed by atoms with Crippen LogP contribution in [0.1, 0.15) is 37.9 Å². The van der Waals surface area contributed by atoms with Gasteiger partial charge in [-0.25, -0.2) is 0 Å². The Morgan fingerprint density at radius 1 is 1.45 bits per heavy atom. The molecule has 0 spiro atoms. The largest absolute Gasteiger partial charge is 0.388 e. The number of ether oxygens (including phenoxy) is 1. The first-order valence-corrected chi connectivity index (χ1v) is 7.85. The highest BCUT2D eigenvalue weighted by Crippen LogP contribution is 2.25. The summed E-state index contributed by atoms with van der Waals surface area (Å²) < 4.78 is 5.67. The van der Waals surface area contributed by atoms with Crippen LogP contribution in [0.3, 0.4) is 0 Å². The molecule has 0 aliphatic carbocycles. The fraction of sp³-hybridized carbons (Fsp3) is 0.625. The van der Waals surface area contributed by atoms with E-state index in [1.807, 2.05) is 24.3 Å². The summed E-state index contributed by atoms with van der Waals surface area (Å²) in [5.41, 5.74) is 0.822. The first kappa shape index (κ1) is 15.8. The Bertz CT molecular complexity index is 407. The molecule has 1 saturated heterocycles. The molecule has 0 radical (unpaired) electrons. The molecule has 1 aliphatic heterocycles. The number of hydrogen-bond acceptors (Lipinski definition) is 3. The first-order chi connectivity index (χ1) is 9.70. The van der Waals surface area contributed by atoms with Gasteiger partial charge in [0.2, 0.25) is 0 Å². The van der Waals surface area contributed by atoms with Gasteiger partial charge in [-0.05, 0) is 37.4 Å². The molecule has 2 rings (SSSR count). The molecule has 1 fully saturated rings. The quantitative estimate of drug-likeness (QED) is 0.838. The third-order valence-corrected chi connectivity index (χ3v) is 4.26. The highest BCUT2D eigenvalue weighted by Gasteiger charge is 2.19. The number of rotatable bonds is 7. The highest BCUT2D eigenvalue weighted by molar-refractivity contribution is 6.31. The van der Waals surface area contributed by atoms with Crippen molar-refractivity contribution in [3.63, 3.8) is 0 Å². The Hall–Kier alpha value is -0.610. The van der Waals surface area contributed by atoms with E-state index in [0.29, 0.717) is 17.5 Å². The van der Waals surface area contributed by atoms with Gasteiger partial charge in [-0.3, -0.25) is 0 Å². The summed E-state index contributed by atoms with van der Waals surface area (Å²) in [5, 5.41) is 10.9. The van der Waals surface area contributed by atoms with E-state index in [1.165, 1.54) is 6.42 Å². The van der Waals surface area contributed by atoms with E-state index in [0.717, 1.165) is 38.2 Å². The average molecular weight is 298 g/mol. The van der Waals surface area contributed by atoms with Gasteiger partial charge in [0.15, 0.2) is 0 Å². The van der Waals surface area contributed by atoms with Gasteiger partial charge >= 0.3 is 0 Å². The van der Waals surface area contributed by atoms with E-state index in [-0.39, 0.29) is 0 Å². The molecule has 2 atom stereocenters. The number of hydrogen-bond donors (Lipinski definition) is 1. The maximum Gasteiger partial charge on any atom is 0.0816 e. The third kappa shape index (κ3) is 4.45. The van der Waals surface area contributed by atoms with Crippen LogP contribution < -0.4 is 0 Å². The predicted molar refractivity (Wildman–Crippen MR) is 82.1 cm³/mol. The van der Waals surface area contributed by atoms with Crippen LogP contribution in [-0.2, 0) is 4.74 Å². The lowest BCUT2D eigenvalue weighted by atomic mass is 10.1. The number of aliphatic hydroxyl groups excluding tert-OH is 1. The second kappa shape index (κ2) is 7.99. The molecule has 1 aliphatic rings. The van der Waals surface area contributed by atoms with Gasteiger partial charge < -0.3 is 14.7 Å². The van der Waals surface area contributed by atoms with E-state index in [9.17, 15) is 5.11 Å². The number of likely N-dealkylation sites (N-methyl/N-ethyl adjacent to an activating group) is 1. The SMILES string of the molecule is CCN(CCC(O)c1ccccc1Cl)CC1CCCO1. The molecule has 1 N–H and O–H groups in total. The van der Waals surface area contributed by atoms with Crippen LogP contribution in [0.5, 0.6) is 0 Å². The van der Waals surface area contributed by atoms with Crippen molar-refractivity contribution in [1.82, 2.24) is 4.90 Å². The average Bonchev–Trinajstić information content (AvgIpc) is 2.96. The van der Waals surface area contributed by atoms with E-state index in [1.54, 1.807) is 0 Å². The second-order valence-corrected chi connectivity index (χ2v) is 5.76. The lowest BCUT2D eigenvalue weighted by molar-refractivity contribution is 0.0669. The maximum atomic E-state index is 10.3. The summed E-state index contributed by atoms with van der Waals surface area (Å²) in [6.07, 6.45) is 2.90. The van der Waals surface area contributed by atoms with Gasteiger partial charge in [0, 0.05) is 24.7 Å². The van der Waals surface area contributed by atoms with Gasteiger partial charge in [-0.15, -0.1) is 0 Å². The molecule has 1 aromatic carbocycles. The molecule has 1 heterocycles.